The number of hydrogen-bond acceptors (Lipinski definition) is 2. The first-order chi connectivity index (χ1) is 6.94. The summed E-state index contributed by atoms with van der Waals surface area (Å²) in [5, 5.41) is 3.05. The largest absolute Gasteiger partial charge is 0.353 e. The van der Waals surface area contributed by atoms with Crippen molar-refractivity contribution in [3.63, 3.8) is 0 Å². The topological polar surface area (TPSA) is 55.1 Å². The van der Waals surface area contributed by atoms with E-state index in [-0.39, 0.29) is 11.3 Å². The maximum Gasteiger partial charge on any atom is 0.220 e. The van der Waals surface area contributed by atoms with E-state index in [1.54, 1.807) is 0 Å². The lowest BCUT2D eigenvalue weighted by molar-refractivity contribution is -0.121. The lowest BCUT2D eigenvalue weighted by Crippen LogP contribution is -2.28. The van der Waals surface area contributed by atoms with Crippen molar-refractivity contribution in [3.8, 4) is 0 Å². The molecule has 3 nitrogen and oxygen atoms in total. The average molecular weight is 212 g/mol. The number of hydrogen-bond donors (Lipinski definition) is 2. The van der Waals surface area contributed by atoms with Crippen LogP contribution in [0.1, 0.15) is 46.5 Å². The highest BCUT2D eigenvalue weighted by Crippen LogP contribution is 2.30. The van der Waals surface area contributed by atoms with Crippen LogP contribution < -0.4 is 11.1 Å². The van der Waals surface area contributed by atoms with E-state index in [2.05, 4.69) is 26.1 Å². The number of nitrogens with two attached hydrogens (primary N) is 1. The molecule has 0 spiro atoms. The lowest BCUT2D eigenvalue weighted by Gasteiger charge is -2.23. The second-order valence-electron chi connectivity index (χ2n) is 5.59. The van der Waals surface area contributed by atoms with Gasteiger partial charge in [0, 0.05) is 12.5 Å². The first kappa shape index (κ1) is 12.5. The fraction of sp³-hybridized carbons (Fsp3) is 0.917. The third-order valence-electron chi connectivity index (χ3n) is 3.31. The first-order valence-corrected chi connectivity index (χ1v) is 5.94. The maximum absolute atomic E-state index is 11.5. The van der Waals surface area contributed by atoms with E-state index in [9.17, 15) is 4.79 Å². The van der Waals surface area contributed by atoms with Crippen LogP contribution in [-0.4, -0.2) is 18.5 Å². The standard InChI is InChI=1S/C12H24N2O/c1-9-8-10(9)14-11(15)4-5-12(2,3)6-7-13/h9-10H,4-8,13H2,1-3H3,(H,14,15). The van der Waals surface area contributed by atoms with Crippen molar-refractivity contribution in [2.75, 3.05) is 6.54 Å². The Bertz CT molecular complexity index is 226. The molecule has 0 radical (unpaired) electrons. The quantitative estimate of drug-likeness (QED) is 0.703. The molecule has 0 aromatic rings. The monoisotopic (exact) mass is 212 g/mol. The third kappa shape index (κ3) is 4.65. The van der Waals surface area contributed by atoms with Gasteiger partial charge in [-0.2, -0.15) is 0 Å². The van der Waals surface area contributed by atoms with E-state index in [4.69, 9.17) is 5.73 Å². The van der Waals surface area contributed by atoms with Crippen molar-refractivity contribution in [3.05, 3.63) is 0 Å². The molecule has 0 bridgehead atoms. The SMILES string of the molecule is CC1CC1NC(=O)CCC(C)(C)CCN. The predicted octanol–water partition coefficient (Wildman–Crippen LogP) is 1.67. The Morgan fingerprint density at radius 1 is 1.47 bits per heavy atom. The molecular formula is C12H24N2O. The van der Waals surface area contributed by atoms with Crippen LogP contribution in [0.25, 0.3) is 0 Å². The zero-order valence-corrected chi connectivity index (χ0v) is 10.2. The Morgan fingerprint density at radius 3 is 2.53 bits per heavy atom. The zero-order valence-electron chi connectivity index (χ0n) is 10.2. The molecule has 0 aromatic heterocycles. The molecule has 1 saturated carbocycles. The number of carbonyl (C=O) groups is 1. The summed E-state index contributed by atoms with van der Waals surface area (Å²) >= 11 is 0. The van der Waals surface area contributed by atoms with Gasteiger partial charge in [0.15, 0.2) is 0 Å². The maximum atomic E-state index is 11.5. The van der Waals surface area contributed by atoms with E-state index in [1.807, 2.05) is 0 Å². The Hall–Kier alpha value is -0.570. The molecule has 1 amide bonds. The van der Waals surface area contributed by atoms with Gasteiger partial charge in [0.25, 0.3) is 0 Å². The van der Waals surface area contributed by atoms with Gasteiger partial charge < -0.3 is 11.1 Å². The molecule has 1 rings (SSSR count). The number of amides is 1. The van der Waals surface area contributed by atoms with Gasteiger partial charge in [-0.15, -0.1) is 0 Å². The summed E-state index contributed by atoms with van der Waals surface area (Å²) in [5.41, 5.74) is 5.73. The zero-order chi connectivity index (χ0) is 11.5. The number of rotatable bonds is 6. The highest BCUT2D eigenvalue weighted by atomic mass is 16.1. The van der Waals surface area contributed by atoms with Crippen molar-refractivity contribution in [2.45, 2.75) is 52.5 Å². The summed E-state index contributed by atoms with van der Waals surface area (Å²) in [4.78, 5) is 11.5. The van der Waals surface area contributed by atoms with Crippen LogP contribution in [0.5, 0.6) is 0 Å². The van der Waals surface area contributed by atoms with Gasteiger partial charge >= 0.3 is 0 Å². The van der Waals surface area contributed by atoms with E-state index in [0.29, 0.717) is 24.9 Å². The Balaban J connectivity index is 2.15. The molecule has 1 aliphatic carbocycles. The lowest BCUT2D eigenvalue weighted by atomic mass is 9.84. The third-order valence-corrected chi connectivity index (χ3v) is 3.31. The Labute approximate surface area is 92.8 Å². The van der Waals surface area contributed by atoms with E-state index < -0.39 is 0 Å². The first-order valence-electron chi connectivity index (χ1n) is 5.94. The summed E-state index contributed by atoms with van der Waals surface area (Å²) in [6.45, 7) is 7.22. The molecule has 2 atom stereocenters. The molecule has 3 N–H and O–H groups in total. The average Bonchev–Trinajstić information content (AvgIpc) is 2.79. The molecule has 0 aliphatic heterocycles. The molecule has 3 heteroatoms. The number of nitrogens with one attached hydrogen (secondary N) is 1. The van der Waals surface area contributed by atoms with Gasteiger partial charge in [-0.05, 0) is 37.1 Å². The van der Waals surface area contributed by atoms with Crippen LogP contribution in [0.4, 0.5) is 0 Å². The van der Waals surface area contributed by atoms with Crippen LogP contribution in [-0.2, 0) is 4.79 Å². The van der Waals surface area contributed by atoms with Crippen molar-refractivity contribution in [1.82, 2.24) is 5.32 Å². The Morgan fingerprint density at radius 2 is 2.07 bits per heavy atom. The minimum Gasteiger partial charge on any atom is -0.353 e. The van der Waals surface area contributed by atoms with Gasteiger partial charge in [0.2, 0.25) is 5.91 Å². The summed E-state index contributed by atoms with van der Waals surface area (Å²) in [6.07, 6.45) is 3.70. The molecule has 0 heterocycles. The van der Waals surface area contributed by atoms with E-state index in [1.165, 1.54) is 0 Å². The molecule has 0 aromatic carbocycles. The van der Waals surface area contributed by atoms with Crippen LogP contribution >= 0.6 is 0 Å². The molecule has 0 saturated heterocycles. The normalized spacial score (nSPS) is 25.1. The Kier molecular flexibility index (Phi) is 4.14. The smallest absolute Gasteiger partial charge is 0.220 e. The van der Waals surface area contributed by atoms with Crippen molar-refractivity contribution in [1.29, 1.82) is 0 Å². The molecule has 88 valence electrons. The van der Waals surface area contributed by atoms with Crippen LogP contribution in [0.15, 0.2) is 0 Å². The van der Waals surface area contributed by atoms with Crippen LogP contribution in [0, 0.1) is 11.3 Å². The minimum atomic E-state index is 0.196. The predicted molar refractivity (Wildman–Crippen MR) is 62.4 cm³/mol. The minimum absolute atomic E-state index is 0.196. The van der Waals surface area contributed by atoms with Gasteiger partial charge in [-0.1, -0.05) is 20.8 Å². The van der Waals surface area contributed by atoms with Crippen LogP contribution in [0.3, 0.4) is 0 Å². The van der Waals surface area contributed by atoms with E-state index in [0.717, 1.165) is 19.3 Å². The van der Waals surface area contributed by atoms with Crippen LogP contribution in [0.2, 0.25) is 0 Å². The van der Waals surface area contributed by atoms with Gasteiger partial charge in [-0.25, -0.2) is 0 Å². The fourth-order valence-electron chi connectivity index (χ4n) is 1.77. The highest BCUT2D eigenvalue weighted by Gasteiger charge is 2.33. The summed E-state index contributed by atoms with van der Waals surface area (Å²) in [5.74, 6) is 0.889. The molecular weight excluding hydrogens is 188 g/mol. The molecule has 1 aliphatic rings. The molecule has 2 unspecified atom stereocenters. The van der Waals surface area contributed by atoms with Crippen molar-refractivity contribution >= 4 is 5.91 Å². The summed E-state index contributed by atoms with van der Waals surface area (Å²) < 4.78 is 0. The second-order valence-corrected chi connectivity index (χ2v) is 5.59. The second kappa shape index (κ2) is 4.97. The van der Waals surface area contributed by atoms with Gasteiger partial charge in [0.05, 0.1) is 0 Å². The fourth-order valence-corrected chi connectivity index (χ4v) is 1.77. The summed E-state index contributed by atoms with van der Waals surface area (Å²) in [6, 6.07) is 0.454. The highest BCUT2D eigenvalue weighted by molar-refractivity contribution is 5.76. The van der Waals surface area contributed by atoms with Gasteiger partial charge in [0.1, 0.15) is 0 Å². The van der Waals surface area contributed by atoms with E-state index >= 15 is 0 Å². The summed E-state index contributed by atoms with van der Waals surface area (Å²) in [7, 11) is 0. The van der Waals surface area contributed by atoms with Gasteiger partial charge in [-0.3, -0.25) is 4.79 Å². The molecule has 15 heavy (non-hydrogen) atoms. The number of carbonyl (C=O) groups excluding carboxylic acids is 1. The van der Waals surface area contributed by atoms with Crippen molar-refractivity contribution in [2.24, 2.45) is 17.1 Å². The molecule has 1 fully saturated rings. The van der Waals surface area contributed by atoms with Crippen molar-refractivity contribution < 1.29 is 4.79 Å².